The SMILES string of the molecule is CC(C)C(CCO)NC(=O)CC1CC1. The molecule has 0 saturated heterocycles. The summed E-state index contributed by atoms with van der Waals surface area (Å²) in [5, 5.41) is 11.8. The average Bonchev–Trinajstić information content (AvgIpc) is 2.87. The fourth-order valence-electron chi connectivity index (χ4n) is 1.56. The van der Waals surface area contributed by atoms with Gasteiger partial charge < -0.3 is 10.4 Å². The van der Waals surface area contributed by atoms with Crippen LogP contribution in [0.15, 0.2) is 0 Å². The van der Waals surface area contributed by atoms with Crippen LogP contribution in [0.4, 0.5) is 0 Å². The standard InChI is InChI=1S/C11H21NO2/c1-8(2)10(5-6-13)12-11(14)7-9-3-4-9/h8-10,13H,3-7H2,1-2H3,(H,12,14). The Morgan fingerprint density at radius 3 is 2.57 bits per heavy atom. The Morgan fingerprint density at radius 2 is 2.14 bits per heavy atom. The lowest BCUT2D eigenvalue weighted by Gasteiger charge is -2.21. The number of amides is 1. The molecule has 0 aromatic heterocycles. The van der Waals surface area contributed by atoms with E-state index in [1.807, 2.05) is 0 Å². The second-order valence-corrected chi connectivity index (χ2v) is 4.58. The Morgan fingerprint density at radius 1 is 1.50 bits per heavy atom. The van der Waals surface area contributed by atoms with E-state index in [0.29, 0.717) is 24.7 Å². The highest BCUT2D eigenvalue weighted by atomic mass is 16.3. The molecular weight excluding hydrogens is 178 g/mol. The van der Waals surface area contributed by atoms with E-state index in [4.69, 9.17) is 5.11 Å². The molecule has 2 N–H and O–H groups in total. The van der Waals surface area contributed by atoms with Gasteiger partial charge in [0.1, 0.15) is 0 Å². The van der Waals surface area contributed by atoms with E-state index in [9.17, 15) is 4.79 Å². The van der Waals surface area contributed by atoms with E-state index < -0.39 is 0 Å². The highest BCUT2D eigenvalue weighted by Gasteiger charge is 2.25. The second-order valence-electron chi connectivity index (χ2n) is 4.58. The van der Waals surface area contributed by atoms with Crippen LogP contribution in [0.25, 0.3) is 0 Å². The molecule has 3 nitrogen and oxygen atoms in total. The summed E-state index contributed by atoms with van der Waals surface area (Å²) in [6.45, 7) is 4.28. The zero-order valence-corrected chi connectivity index (χ0v) is 9.12. The van der Waals surface area contributed by atoms with Crippen molar-refractivity contribution in [2.75, 3.05) is 6.61 Å². The molecule has 0 spiro atoms. The molecule has 1 aliphatic rings. The fourth-order valence-corrected chi connectivity index (χ4v) is 1.56. The van der Waals surface area contributed by atoms with Gasteiger partial charge in [-0.3, -0.25) is 4.79 Å². The molecule has 1 atom stereocenters. The molecular formula is C11H21NO2. The topological polar surface area (TPSA) is 49.3 Å². The predicted molar refractivity (Wildman–Crippen MR) is 55.8 cm³/mol. The minimum absolute atomic E-state index is 0.131. The largest absolute Gasteiger partial charge is 0.396 e. The Balaban J connectivity index is 2.25. The van der Waals surface area contributed by atoms with Crippen molar-refractivity contribution in [1.29, 1.82) is 0 Å². The zero-order valence-electron chi connectivity index (χ0n) is 9.12. The van der Waals surface area contributed by atoms with Crippen LogP contribution in [0.1, 0.15) is 39.5 Å². The predicted octanol–water partition coefficient (Wildman–Crippen LogP) is 1.31. The van der Waals surface area contributed by atoms with Crippen LogP contribution < -0.4 is 5.32 Å². The average molecular weight is 199 g/mol. The van der Waals surface area contributed by atoms with Gasteiger partial charge in [-0.15, -0.1) is 0 Å². The lowest BCUT2D eigenvalue weighted by Crippen LogP contribution is -2.39. The highest BCUT2D eigenvalue weighted by molar-refractivity contribution is 5.76. The molecule has 0 aromatic rings. The maximum atomic E-state index is 11.5. The first-order chi connectivity index (χ1) is 6.63. The van der Waals surface area contributed by atoms with Gasteiger partial charge in [0.15, 0.2) is 0 Å². The molecule has 0 radical (unpaired) electrons. The summed E-state index contributed by atoms with van der Waals surface area (Å²) >= 11 is 0. The van der Waals surface area contributed by atoms with Crippen LogP contribution in [0, 0.1) is 11.8 Å². The number of rotatable bonds is 6. The molecule has 0 aliphatic heterocycles. The van der Waals surface area contributed by atoms with Crippen molar-refractivity contribution in [3.8, 4) is 0 Å². The van der Waals surface area contributed by atoms with Crippen LogP contribution in [-0.4, -0.2) is 23.7 Å². The van der Waals surface area contributed by atoms with E-state index in [-0.39, 0.29) is 18.6 Å². The number of carbonyl (C=O) groups is 1. The lowest BCUT2D eigenvalue weighted by molar-refractivity contribution is -0.122. The Kier molecular flexibility index (Phi) is 4.39. The maximum absolute atomic E-state index is 11.5. The van der Waals surface area contributed by atoms with Gasteiger partial charge in [-0.05, 0) is 31.1 Å². The number of nitrogens with one attached hydrogen (secondary N) is 1. The van der Waals surface area contributed by atoms with Gasteiger partial charge in [0, 0.05) is 19.1 Å². The monoisotopic (exact) mass is 199 g/mol. The molecule has 14 heavy (non-hydrogen) atoms. The maximum Gasteiger partial charge on any atom is 0.220 e. The molecule has 82 valence electrons. The van der Waals surface area contributed by atoms with Gasteiger partial charge in [-0.2, -0.15) is 0 Å². The van der Waals surface area contributed by atoms with Crippen molar-refractivity contribution in [2.45, 2.75) is 45.6 Å². The van der Waals surface area contributed by atoms with Crippen LogP contribution in [0.2, 0.25) is 0 Å². The molecule has 1 unspecified atom stereocenters. The zero-order chi connectivity index (χ0) is 10.6. The van der Waals surface area contributed by atoms with Crippen LogP contribution in [0.3, 0.4) is 0 Å². The van der Waals surface area contributed by atoms with Crippen molar-refractivity contribution in [3.05, 3.63) is 0 Å². The van der Waals surface area contributed by atoms with Gasteiger partial charge in [0.05, 0.1) is 0 Å². The fraction of sp³-hybridized carbons (Fsp3) is 0.909. The van der Waals surface area contributed by atoms with E-state index in [0.717, 1.165) is 0 Å². The smallest absolute Gasteiger partial charge is 0.220 e. The molecule has 1 fully saturated rings. The van der Waals surface area contributed by atoms with Crippen molar-refractivity contribution in [2.24, 2.45) is 11.8 Å². The molecule has 0 bridgehead atoms. The Labute approximate surface area is 85.9 Å². The quantitative estimate of drug-likeness (QED) is 0.677. The molecule has 1 amide bonds. The van der Waals surface area contributed by atoms with Crippen molar-refractivity contribution in [3.63, 3.8) is 0 Å². The van der Waals surface area contributed by atoms with E-state index in [2.05, 4.69) is 19.2 Å². The van der Waals surface area contributed by atoms with Crippen molar-refractivity contribution in [1.82, 2.24) is 5.32 Å². The summed E-state index contributed by atoms with van der Waals surface area (Å²) in [4.78, 5) is 11.5. The van der Waals surface area contributed by atoms with Gasteiger partial charge in [0.25, 0.3) is 0 Å². The van der Waals surface area contributed by atoms with E-state index in [1.165, 1.54) is 12.8 Å². The molecule has 1 aliphatic carbocycles. The first-order valence-corrected chi connectivity index (χ1v) is 5.53. The third kappa shape index (κ3) is 4.09. The number of hydrogen-bond acceptors (Lipinski definition) is 2. The summed E-state index contributed by atoms with van der Waals surface area (Å²) in [7, 11) is 0. The molecule has 0 aromatic carbocycles. The summed E-state index contributed by atoms with van der Waals surface area (Å²) in [6.07, 6.45) is 3.75. The second kappa shape index (κ2) is 5.35. The molecule has 3 heteroatoms. The Bertz CT molecular complexity index is 188. The normalized spacial score (nSPS) is 18.3. The van der Waals surface area contributed by atoms with Gasteiger partial charge in [-0.1, -0.05) is 13.8 Å². The molecule has 0 heterocycles. The van der Waals surface area contributed by atoms with Gasteiger partial charge in [-0.25, -0.2) is 0 Å². The van der Waals surface area contributed by atoms with Crippen LogP contribution >= 0.6 is 0 Å². The first-order valence-electron chi connectivity index (χ1n) is 5.53. The van der Waals surface area contributed by atoms with E-state index in [1.54, 1.807) is 0 Å². The summed E-state index contributed by atoms with van der Waals surface area (Å²) < 4.78 is 0. The molecule has 1 rings (SSSR count). The summed E-state index contributed by atoms with van der Waals surface area (Å²) in [5.74, 6) is 1.18. The first kappa shape index (κ1) is 11.5. The minimum atomic E-state index is 0.131. The highest BCUT2D eigenvalue weighted by Crippen LogP contribution is 2.32. The number of carbonyl (C=O) groups excluding carboxylic acids is 1. The Hall–Kier alpha value is -0.570. The number of aliphatic hydroxyl groups excluding tert-OH is 1. The van der Waals surface area contributed by atoms with E-state index >= 15 is 0 Å². The summed E-state index contributed by atoms with van der Waals surface area (Å²) in [5.41, 5.74) is 0. The van der Waals surface area contributed by atoms with Gasteiger partial charge >= 0.3 is 0 Å². The number of hydrogen-bond donors (Lipinski definition) is 2. The van der Waals surface area contributed by atoms with Crippen LogP contribution in [0.5, 0.6) is 0 Å². The van der Waals surface area contributed by atoms with Crippen molar-refractivity contribution < 1.29 is 9.90 Å². The van der Waals surface area contributed by atoms with Crippen LogP contribution in [-0.2, 0) is 4.79 Å². The molecule has 1 saturated carbocycles. The minimum Gasteiger partial charge on any atom is -0.396 e. The third-order valence-electron chi connectivity index (χ3n) is 2.76. The third-order valence-corrected chi connectivity index (χ3v) is 2.76. The lowest BCUT2D eigenvalue weighted by atomic mass is 10.0. The number of aliphatic hydroxyl groups is 1. The summed E-state index contributed by atoms with van der Waals surface area (Å²) in [6, 6.07) is 0.131. The van der Waals surface area contributed by atoms with Crippen molar-refractivity contribution >= 4 is 5.91 Å². The van der Waals surface area contributed by atoms with Gasteiger partial charge in [0.2, 0.25) is 5.91 Å².